The van der Waals surface area contributed by atoms with E-state index in [0.717, 1.165) is 35.6 Å². The third kappa shape index (κ3) is 4.45. The SMILES string of the molecule is C[C@H]1CN(c2ncnc3c2cnn3CCNC(=O)[C@@H]2CC(=O)N(c3ccccc3)C2)C[C@H](C)O1. The molecule has 0 spiro atoms. The summed E-state index contributed by atoms with van der Waals surface area (Å²) in [5.41, 5.74) is 1.56. The fraction of sp³-hybridized carbons (Fsp3) is 0.458. The maximum atomic E-state index is 12.7. The van der Waals surface area contributed by atoms with Gasteiger partial charge in [-0.1, -0.05) is 18.2 Å². The standard InChI is InChI=1S/C24H29N7O3/c1-16-12-29(13-17(2)34-16)22-20-11-28-31(23(20)27-15-26-22)9-8-25-24(33)18-10-21(32)30(14-18)19-6-4-3-5-7-19/h3-7,11,15-18H,8-10,12-14H2,1-2H3,(H,25,33)/t16-,17-,18+/m0/s1. The highest BCUT2D eigenvalue weighted by atomic mass is 16.5. The van der Waals surface area contributed by atoms with Crippen LogP contribution in [-0.4, -0.2) is 69.9 Å². The third-order valence-corrected chi connectivity index (χ3v) is 6.32. The minimum atomic E-state index is -0.360. The number of hydrogen-bond donors (Lipinski definition) is 1. The van der Waals surface area contributed by atoms with E-state index in [4.69, 9.17) is 4.74 Å². The van der Waals surface area contributed by atoms with Crippen molar-refractivity contribution in [2.24, 2.45) is 5.92 Å². The molecule has 2 saturated heterocycles. The van der Waals surface area contributed by atoms with Crippen molar-refractivity contribution >= 4 is 34.4 Å². The summed E-state index contributed by atoms with van der Waals surface area (Å²) in [7, 11) is 0. The van der Waals surface area contributed by atoms with Gasteiger partial charge in [0.25, 0.3) is 0 Å². The highest BCUT2D eigenvalue weighted by Gasteiger charge is 2.35. The van der Waals surface area contributed by atoms with E-state index in [0.29, 0.717) is 19.6 Å². The van der Waals surface area contributed by atoms with E-state index < -0.39 is 0 Å². The molecule has 10 heteroatoms. The third-order valence-electron chi connectivity index (χ3n) is 6.32. The molecule has 5 rings (SSSR count). The number of nitrogens with zero attached hydrogens (tertiary/aromatic N) is 6. The molecule has 1 aromatic carbocycles. The average Bonchev–Trinajstić information content (AvgIpc) is 3.42. The first kappa shape index (κ1) is 22.3. The molecule has 0 bridgehead atoms. The summed E-state index contributed by atoms with van der Waals surface area (Å²) < 4.78 is 7.62. The Kier molecular flexibility index (Phi) is 6.14. The molecule has 4 heterocycles. The average molecular weight is 464 g/mol. The molecular formula is C24H29N7O3. The van der Waals surface area contributed by atoms with Crippen LogP contribution in [0.5, 0.6) is 0 Å². The van der Waals surface area contributed by atoms with Crippen molar-refractivity contribution in [3.05, 3.63) is 42.9 Å². The summed E-state index contributed by atoms with van der Waals surface area (Å²) in [5, 5.41) is 8.33. The molecule has 0 unspecified atom stereocenters. The molecule has 2 amide bonds. The van der Waals surface area contributed by atoms with Crippen LogP contribution in [0.25, 0.3) is 11.0 Å². The molecule has 2 aliphatic heterocycles. The number of para-hydroxylation sites is 1. The number of benzene rings is 1. The smallest absolute Gasteiger partial charge is 0.227 e. The second-order valence-corrected chi connectivity index (χ2v) is 9.00. The summed E-state index contributed by atoms with van der Waals surface area (Å²) in [6, 6.07) is 9.45. The summed E-state index contributed by atoms with van der Waals surface area (Å²) in [4.78, 5) is 38.0. The number of nitrogens with one attached hydrogen (secondary N) is 1. The Balaban J connectivity index is 1.21. The predicted molar refractivity (Wildman–Crippen MR) is 127 cm³/mol. The van der Waals surface area contributed by atoms with Gasteiger partial charge in [0.15, 0.2) is 5.65 Å². The largest absolute Gasteiger partial charge is 0.372 e. The monoisotopic (exact) mass is 463 g/mol. The molecule has 0 radical (unpaired) electrons. The van der Waals surface area contributed by atoms with E-state index in [2.05, 4.69) is 39.1 Å². The highest BCUT2D eigenvalue weighted by Crippen LogP contribution is 2.26. The summed E-state index contributed by atoms with van der Waals surface area (Å²) in [6.45, 7) is 6.91. The Bertz CT molecular complexity index is 1170. The molecule has 3 aromatic rings. The van der Waals surface area contributed by atoms with Gasteiger partial charge < -0.3 is 19.9 Å². The molecule has 0 aliphatic carbocycles. The van der Waals surface area contributed by atoms with Crippen LogP contribution in [0.15, 0.2) is 42.9 Å². The van der Waals surface area contributed by atoms with Gasteiger partial charge in [-0.2, -0.15) is 5.10 Å². The van der Waals surface area contributed by atoms with Gasteiger partial charge in [-0.05, 0) is 26.0 Å². The zero-order chi connectivity index (χ0) is 23.7. The van der Waals surface area contributed by atoms with Crippen molar-refractivity contribution < 1.29 is 14.3 Å². The van der Waals surface area contributed by atoms with Gasteiger partial charge in [0, 0.05) is 38.3 Å². The van der Waals surface area contributed by atoms with E-state index in [1.807, 2.05) is 30.3 Å². The van der Waals surface area contributed by atoms with E-state index in [1.165, 1.54) is 0 Å². The number of carbonyl (C=O) groups is 2. The second kappa shape index (κ2) is 9.38. The molecule has 10 nitrogen and oxygen atoms in total. The van der Waals surface area contributed by atoms with Crippen molar-refractivity contribution in [1.29, 1.82) is 0 Å². The van der Waals surface area contributed by atoms with Crippen LogP contribution >= 0.6 is 0 Å². The quantitative estimate of drug-likeness (QED) is 0.592. The number of morpholine rings is 1. The lowest BCUT2D eigenvalue weighted by Gasteiger charge is -2.36. The number of aromatic nitrogens is 4. The molecule has 2 aromatic heterocycles. The molecular weight excluding hydrogens is 434 g/mol. The normalized spacial score (nSPS) is 23.0. The predicted octanol–water partition coefficient (Wildman–Crippen LogP) is 1.61. The van der Waals surface area contributed by atoms with Crippen molar-refractivity contribution in [3.63, 3.8) is 0 Å². The van der Waals surface area contributed by atoms with E-state index >= 15 is 0 Å². The second-order valence-electron chi connectivity index (χ2n) is 9.00. The van der Waals surface area contributed by atoms with Crippen molar-refractivity contribution in [2.75, 3.05) is 36.0 Å². The van der Waals surface area contributed by atoms with Crippen LogP contribution in [0.1, 0.15) is 20.3 Å². The van der Waals surface area contributed by atoms with Crippen molar-refractivity contribution in [3.8, 4) is 0 Å². The Morgan fingerprint density at radius 3 is 2.65 bits per heavy atom. The van der Waals surface area contributed by atoms with Gasteiger partial charge in [0.05, 0.1) is 36.3 Å². The zero-order valence-corrected chi connectivity index (χ0v) is 19.4. The number of hydrogen-bond acceptors (Lipinski definition) is 7. The van der Waals surface area contributed by atoms with E-state index in [-0.39, 0.29) is 36.4 Å². The van der Waals surface area contributed by atoms with Gasteiger partial charge in [0.2, 0.25) is 11.8 Å². The van der Waals surface area contributed by atoms with Crippen LogP contribution in [0, 0.1) is 5.92 Å². The first-order valence-corrected chi connectivity index (χ1v) is 11.7. The van der Waals surface area contributed by atoms with Crippen LogP contribution in [0.4, 0.5) is 11.5 Å². The Labute approximate surface area is 197 Å². The fourth-order valence-corrected chi connectivity index (χ4v) is 4.82. The molecule has 1 N–H and O–H groups in total. The number of fused-ring (bicyclic) bond motifs is 1. The molecule has 3 atom stereocenters. The van der Waals surface area contributed by atoms with Crippen LogP contribution in [0.3, 0.4) is 0 Å². The maximum absolute atomic E-state index is 12.7. The Hall–Kier alpha value is -3.53. The maximum Gasteiger partial charge on any atom is 0.227 e. The van der Waals surface area contributed by atoms with Crippen molar-refractivity contribution in [1.82, 2.24) is 25.1 Å². The lowest BCUT2D eigenvalue weighted by atomic mass is 10.1. The van der Waals surface area contributed by atoms with Crippen molar-refractivity contribution in [2.45, 2.75) is 39.0 Å². The summed E-state index contributed by atoms with van der Waals surface area (Å²) in [5.74, 6) is 0.351. The summed E-state index contributed by atoms with van der Waals surface area (Å²) >= 11 is 0. The zero-order valence-electron chi connectivity index (χ0n) is 19.4. The molecule has 34 heavy (non-hydrogen) atoms. The first-order chi connectivity index (χ1) is 16.5. The van der Waals surface area contributed by atoms with Gasteiger partial charge in [-0.3, -0.25) is 9.59 Å². The van der Waals surface area contributed by atoms with Gasteiger partial charge in [0.1, 0.15) is 12.1 Å². The first-order valence-electron chi connectivity index (χ1n) is 11.7. The number of amides is 2. The molecule has 0 saturated carbocycles. The topological polar surface area (TPSA) is 105 Å². The van der Waals surface area contributed by atoms with Gasteiger partial charge in [-0.25, -0.2) is 14.6 Å². The lowest BCUT2D eigenvalue weighted by Crippen LogP contribution is -2.45. The Morgan fingerprint density at radius 1 is 1.12 bits per heavy atom. The number of carbonyl (C=O) groups excluding carboxylic acids is 2. The van der Waals surface area contributed by atoms with E-state index in [9.17, 15) is 9.59 Å². The van der Waals surface area contributed by atoms with Crippen LogP contribution < -0.4 is 15.1 Å². The minimum Gasteiger partial charge on any atom is -0.372 e. The number of anilines is 2. The van der Waals surface area contributed by atoms with Crippen LogP contribution in [-0.2, 0) is 20.9 Å². The summed E-state index contributed by atoms with van der Waals surface area (Å²) in [6.07, 6.45) is 3.81. The van der Waals surface area contributed by atoms with Gasteiger partial charge >= 0.3 is 0 Å². The van der Waals surface area contributed by atoms with E-state index in [1.54, 1.807) is 22.1 Å². The Morgan fingerprint density at radius 2 is 1.88 bits per heavy atom. The number of rotatable bonds is 6. The number of ether oxygens (including phenoxy) is 1. The van der Waals surface area contributed by atoms with Gasteiger partial charge in [-0.15, -0.1) is 0 Å². The lowest BCUT2D eigenvalue weighted by molar-refractivity contribution is -0.126. The van der Waals surface area contributed by atoms with Crippen LogP contribution in [0.2, 0.25) is 0 Å². The molecule has 2 fully saturated rings. The molecule has 178 valence electrons. The molecule has 2 aliphatic rings. The fourth-order valence-electron chi connectivity index (χ4n) is 4.82. The minimum absolute atomic E-state index is 0.0274. The highest BCUT2D eigenvalue weighted by molar-refractivity contribution is 6.00.